The minimum absolute atomic E-state index is 0.0437. The molecule has 0 bridgehead atoms. The van der Waals surface area contributed by atoms with Crippen molar-refractivity contribution in [2.24, 2.45) is 0 Å². The molecule has 27 heavy (non-hydrogen) atoms. The van der Waals surface area contributed by atoms with E-state index in [9.17, 15) is 26.4 Å². The summed E-state index contributed by atoms with van der Waals surface area (Å²) in [6.07, 6.45) is -4.45. The van der Waals surface area contributed by atoms with Gasteiger partial charge in [0.15, 0.2) is 0 Å². The Balaban J connectivity index is 2.23. The first-order chi connectivity index (χ1) is 12.5. The summed E-state index contributed by atoms with van der Waals surface area (Å²) in [5.74, 6) is -0.652. The summed E-state index contributed by atoms with van der Waals surface area (Å²) in [7, 11) is -2.53. The van der Waals surface area contributed by atoms with E-state index < -0.39 is 33.7 Å². The van der Waals surface area contributed by atoms with Gasteiger partial charge in [0.1, 0.15) is 0 Å². The number of hydrogen-bond acceptors (Lipinski definition) is 3. The lowest BCUT2D eigenvalue weighted by molar-refractivity contribution is -0.137. The molecule has 0 spiro atoms. The highest BCUT2D eigenvalue weighted by atomic mass is 35.5. The largest absolute Gasteiger partial charge is 0.416 e. The van der Waals surface area contributed by atoms with Gasteiger partial charge in [-0.05, 0) is 49.9 Å². The minimum atomic E-state index is -4.45. The SMILES string of the molecule is CNS(=O)(=O)c1ccc(Cl)c(C(=O)NC(C)c2ccc(C(F)(F)F)cc2)c1. The van der Waals surface area contributed by atoms with Crippen LogP contribution in [0.2, 0.25) is 5.02 Å². The lowest BCUT2D eigenvalue weighted by atomic mass is 10.1. The highest BCUT2D eigenvalue weighted by Gasteiger charge is 2.30. The first-order valence-corrected chi connectivity index (χ1v) is 9.53. The number of amides is 1. The van der Waals surface area contributed by atoms with Gasteiger partial charge in [-0.1, -0.05) is 23.7 Å². The van der Waals surface area contributed by atoms with Crippen LogP contribution in [-0.2, 0) is 16.2 Å². The molecule has 0 radical (unpaired) electrons. The third kappa shape index (κ3) is 5.00. The van der Waals surface area contributed by atoms with E-state index >= 15 is 0 Å². The predicted molar refractivity (Wildman–Crippen MR) is 95.0 cm³/mol. The molecule has 10 heteroatoms. The number of halogens is 4. The molecule has 0 fully saturated rings. The Bertz CT molecular complexity index is 945. The van der Waals surface area contributed by atoms with Crippen LogP contribution >= 0.6 is 11.6 Å². The zero-order chi connectivity index (χ0) is 20.4. The van der Waals surface area contributed by atoms with Crippen LogP contribution in [0.25, 0.3) is 0 Å². The summed E-state index contributed by atoms with van der Waals surface area (Å²) < 4.78 is 63.7. The van der Waals surface area contributed by atoms with Crippen molar-refractivity contribution in [1.29, 1.82) is 0 Å². The Hall–Kier alpha value is -2.10. The van der Waals surface area contributed by atoms with Gasteiger partial charge in [0.2, 0.25) is 10.0 Å². The van der Waals surface area contributed by atoms with Gasteiger partial charge in [-0.15, -0.1) is 0 Å². The van der Waals surface area contributed by atoms with Crippen LogP contribution in [0.3, 0.4) is 0 Å². The second kappa shape index (κ2) is 7.87. The molecular weight excluding hydrogens is 405 g/mol. The van der Waals surface area contributed by atoms with Crippen LogP contribution in [0, 0.1) is 0 Å². The van der Waals surface area contributed by atoms with Crippen molar-refractivity contribution in [3.05, 3.63) is 64.2 Å². The van der Waals surface area contributed by atoms with Crippen molar-refractivity contribution in [1.82, 2.24) is 10.0 Å². The highest BCUT2D eigenvalue weighted by Crippen LogP contribution is 2.30. The standard InChI is InChI=1S/C17H16ClF3N2O3S/c1-10(11-3-5-12(6-4-11)17(19,20)21)23-16(24)14-9-13(7-8-15(14)18)27(25,26)22-2/h3-10,22H,1-2H3,(H,23,24). The first kappa shape index (κ1) is 21.2. The molecule has 0 heterocycles. The molecule has 1 unspecified atom stereocenters. The van der Waals surface area contributed by atoms with Crippen molar-refractivity contribution in [2.45, 2.75) is 24.0 Å². The van der Waals surface area contributed by atoms with E-state index in [2.05, 4.69) is 10.0 Å². The molecule has 2 N–H and O–H groups in total. The maximum Gasteiger partial charge on any atom is 0.416 e. The van der Waals surface area contributed by atoms with E-state index in [-0.39, 0.29) is 15.5 Å². The van der Waals surface area contributed by atoms with Gasteiger partial charge in [-0.25, -0.2) is 13.1 Å². The van der Waals surface area contributed by atoms with Gasteiger partial charge in [-0.3, -0.25) is 4.79 Å². The van der Waals surface area contributed by atoms with E-state index in [1.54, 1.807) is 6.92 Å². The Labute approximate surface area is 159 Å². The Morgan fingerprint density at radius 2 is 1.70 bits per heavy atom. The average molecular weight is 421 g/mol. The zero-order valence-electron chi connectivity index (χ0n) is 14.3. The Morgan fingerprint density at radius 3 is 2.22 bits per heavy atom. The van der Waals surface area contributed by atoms with E-state index in [1.165, 1.54) is 31.3 Å². The third-order valence-electron chi connectivity index (χ3n) is 3.85. The molecule has 146 valence electrons. The second-order valence-electron chi connectivity index (χ2n) is 5.66. The van der Waals surface area contributed by atoms with Crippen molar-refractivity contribution < 1.29 is 26.4 Å². The molecule has 2 aromatic carbocycles. The number of nitrogens with one attached hydrogen (secondary N) is 2. The zero-order valence-corrected chi connectivity index (χ0v) is 15.8. The predicted octanol–water partition coefficient (Wildman–Crippen LogP) is 3.76. The second-order valence-corrected chi connectivity index (χ2v) is 7.96. The monoisotopic (exact) mass is 420 g/mol. The summed E-state index contributed by atoms with van der Waals surface area (Å²) >= 11 is 5.98. The Kier molecular flexibility index (Phi) is 6.18. The summed E-state index contributed by atoms with van der Waals surface area (Å²) in [4.78, 5) is 12.3. The van der Waals surface area contributed by atoms with Gasteiger partial charge in [0, 0.05) is 0 Å². The minimum Gasteiger partial charge on any atom is -0.345 e. The van der Waals surface area contributed by atoms with Gasteiger partial charge >= 0.3 is 6.18 Å². The number of carbonyl (C=O) groups excluding carboxylic acids is 1. The lowest BCUT2D eigenvalue weighted by Crippen LogP contribution is -2.27. The van der Waals surface area contributed by atoms with Crippen LogP contribution < -0.4 is 10.0 Å². The number of hydrogen-bond donors (Lipinski definition) is 2. The van der Waals surface area contributed by atoms with Crippen LogP contribution in [0.1, 0.15) is 34.5 Å². The molecule has 2 rings (SSSR count). The summed E-state index contributed by atoms with van der Waals surface area (Å²) in [5.41, 5.74) is -0.406. The quantitative estimate of drug-likeness (QED) is 0.773. The molecule has 1 atom stereocenters. The van der Waals surface area contributed by atoms with Gasteiger partial charge in [-0.2, -0.15) is 13.2 Å². The third-order valence-corrected chi connectivity index (χ3v) is 5.59. The first-order valence-electron chi connectivity index (χ1n) is 7.67. The fraction of sp³-hybridized carbons (Fsp3) is 0.235. The molecular formula is C17H16ClF3N2O3S. The van der Waals surface area contributed by atoms with Crippen LogP contribution in [0.15, 0.2) is 47.4 Å². The Morgan fingerprint density at radius 1 is 1.11 bits per heavy atom. The topological polar surface area (TPSA) is 75.3 Å². The molecule has 0 aliphatic heterocycles. The van der Waals surface area contributed by atoms with Crippen molar-refractivity contribution in [2.75, 3.05) is 7.05 Å². The van der Waals surface area contributed by atoms with Gasteiger partial charge < -0.3 is 5.32 Å². The van der Waals surface area contributed by atoms with E-state index in [4.69, 9.17) is 11.6 Å². The molecule has 2 aromatic rings. The number of alkyl halides is 3. The van der Waals surface area contributed by atoms with Crippen molar-refractivity contribution in [3.63, 3.8) is 0 Å². The van der Waals surface area contributed by atoms with Gasteiger partial charge in [0.05, 0.1) is 27.1 Å². The fourth-order valence-electron chi connectivity index (χ4n) is 2.28. The number of benzene rings is 2. The summed E-state index contributed by atoms with van der Waals surface area (Å²) in [6, 6.07) is 7.40. The van der Waals surface area contributed by atoms with Crippen molar-refractivity contribution in [3.8, 4) is 0 Å². The summed E-state index contributed by atoms with van der Waals surface area (Å²) in [5, 5.41) is 2.63. The van der Waals surface area contributed by atoms with Crippen LogP contribution in [-0.4, -0.2) is 21.4 Å². The summed E-state index contributed by atoms with van der Waals surface area (Å²) in [6.45, 7) is 1.59. The molecule has 0 aromatic heterocycles. The van der Waals surface area contributed by atoms with Crippen LogP contribution in [0.4, 0.5) is 13.2 Å². The van der Waals surface area contributed by atoms with Crippen LogP contribution in [0.5, 0.6) is 0 Å². The molecule has 0 aliphatic rings. The molecule has 5 nitrogen and oxygen atoms in total. The molecule has 0 aliphatic carbocycles. The van der Waals surface area contributed by atoms with E-state index in [0.29, 0.717) is 5.56 Å². The van der Waals surface area contributed by atoms with Crippen molar-refractivity contribution >= 4 is 27.5 Å². The highest BCUT2D eigenvalue weighted by molar-refractivity contribution is 7.89. The lowest BCUT2D eigenvalue weighted by Gasteiger charge is -2.16. The number of carbonyl (C=O) groups is 1. The smallest absolute Gasteiger partial charge is 0.345 e. The maximum absolute atomic E-state index is 12.6. The molecule has 0 saturated carbocycles. The molecule has 1 amide bonds. The number of sulfonamides is 1. The van der Waals surface area contributed by atoms with Gasteiger partial charge in [0.25, 0.3) is 5.91 Å². The van der Waals surface area contributed by atoms with E-state index in [0.717, 1.165) is 18.2 Å². The van der Waals surface area contributed by atoms with E-state index in [1.807, 2.05) is 0 Å². The maximum atomic E-state index is 12.6. The average Bonchev–Trinajstić information content (AvgIpc) is 2.61. The normalized spacial score (nSPS) is 13.3. The molecule has 0 saturated heterocycles. The fourth-order valence-corrected chi connectivity index (χ4v) is 3.24. The number of rotatable bonds is 5.